The Morgan fingerprint density at radius 3 is 2.37 bits per heavy atom. The molecule has 186 valence electrons. The zero-order valence-corrected chi connectivity index (χ0v) is 22.1. The van der Waals surface area contributed by atoms with Crippen molar-refractivity contribution >= 4 is 28.7 Å². The van der Waals surface area contributed by atoms with E-state index >= 15 is 0 Å². The average molecular weight is 496 g/mol. The number of carbonyl (C=O) groups excluding carboxylic acids is 1. The summed E-state index contributed by atoms with van der Waals surface area (Å²) in [6.45, 7) is 8.60. The lowest BCUT2D eigenvalue weighted by Crippen LogP contribution is -2.40. The van der Waals surface area contributed by atoms with Gasteiger partial charge < -0.3 is 4.90 Å². The molecule has 2 heterocycles. The zero-order chi connectivity index (χ0) is 25.5. The molecule has 0 aliphatic heterocycles. The van der Waals surface area contributed by atoms with Crippen molar-refractivity contribution in [3.8, 4) is 0 Å². The van der Waals surface area contributed by atoms with E-state index < -0.39 is 16.7 Å². The van der Waals surface area contributed by atoms with E-state index in [4.69, 9.17) is 4.98 Å². The Kier molecular flexibility index (Phi) is 6.90. The lowest BCUT2D eigenvalue weighted by molar-refractivity contribution is -0.131. The van der Waals surface area contributed by atoms with Gasteiger partial charge in [-0.3, -0.25) is 18.7 Å². The molecule has 4 rings (SSSR count). The first kappa shape index (κ1) is 25.2. The highest BCUT2D eigenvalue weighted by molar-refractivity contribution is 8.00. The number of hydrogen-bond donors (Lipinski definition) is 0. The predicted octanol–water partition coefficient (Wildman–Crippen LogP) is 3.24. The molecule has 35 heavy (non-hydrogen) atoms. The number of fused-ring (bicyclic) bond motifs is 1. The fourth-order valence-electron chi connectivity index (χ4n) is 4.15. The van der Waals surface area contributed by atoms with Gasteiger partial charge in [0.25, 0.3) is 5.56 Å². The summed E-state index contributed by atoms with van der Waals surface area (Å²) in [6, 6.07) is 10.1. The second-order valence-electron chi connectivity index (χ2n) is 10.4. The van der Waals surface area contributed by atoms with Crippen LogP contribution in [0.4, 0.5) is 0 Å². The highest BCUT2D eigenvalue weighted by Gasteiger charge is 2.34. The summed E-state index contributed by atoms with van der Waals surface area (Å²) < 4.78 is 2.43. The van der Waals surface area contributed by atoms with Crippen molar-refractivity contribution in [1.82, 2.24) is 24.0 Å². The molecule has 1 aliphatic rings. The van der Waals surface area contributed by atoms with Gasteiger partial charge >= 0.3 is 5.69 Å². The first-order valence-electron chi connectivity index (χ1n) is 11.9. The molecule has 1 amide bonds. The van der Waals surface area contributed by atoms with Crippen LogP contribution >= 0.6 is 11.8 Å². The van der Waals surface area contributed by atoms with E-state index in [-0.39, 0.29) is 23.1 Å². The maximum Gasteiger partial charge on any atom is 0.332 e. The molecule has 0 bridgehead atoms. The quantitative estimate of drug-likeness (QED) is 0.369. The lowest BCUT2D eigenvalue weighted by Gasteiger charge is -2.29. The van der Waals surface area contributed by atoms with Gasteiger partial charge in [-0.2, -0.15) is 0 Å². The first-order valence-corrected chi connectivity index (χ1v) is 12.9. The molecule has 2 aromatic heterocycles. The maximum atomic E-state index is 13.5. The molecular formula is C26H33N5O3S. The van der Waals surface area contributed by atoms with Gasteiger partial charge in [-0.15, -0.1) is 0 Å². The minimum absolute atomic E-state index is 0.00367. The van der Waals surface area contributed by atoms with Gasteiger partial charge in [0.2, 0.25) is 5.91 Å². The topological polar surface area (TPSA) is 90.1 Å². The average Bonchev–Trinajstić information content (AvgIpc) is 3.68. The second-order valence-corrected chi connectivity index (χ2v) is 11.3. The highest BCUT2D eigenvalue weighted by Crippen LogP contribution is 2.36. The molecule has 1 aliphatic carbocycles. The van der Waals surface area contributed by atoms with Crippen LogP contribution in [-0.2, 0) is 30.8 Å². The Morgan fingerprint density at radius 1 is 1.11 bits per heavy atom. The van der Waals surface area contributed by atoms with Crippen molar-refractivity contribution in [3.63, 3.8) is 0 Å². The smallest absolute Gasteiger partial charge is 0.332 e. The lowest BCUT2D eigenvalue weighted by atomic mass is 9.96. The predicted molar refractivity (Wildman–Crippen MR) is 139 cm³/mol. The van der Waals surface area contributed by atoms with Gasteiger partial charge in [0.1, 0.15) is 16.2 Å². The Bertz CT molecular complexity index is 1370. The van der Waals surface area contributed by atoms with E-state index in [0.717, 1.165) is 23.0 Å². The summed E-state index contributed by atoms with van der Waals surface area (Å²) in [5.74, 6) is 1.20. The van der Waals surface area contributed by atoms with Gasteiger partial charge in [0, 0.05) is 32.1 Å². The van der Waals surface area contributed by atoms with Crippen LogP contribution in [0.5, 0.6) is 0 Å². The first-order chi connectivity index (χ1) is 16.5. The Morgan fingerprint density at radius 2 is 1.77 bits per heavy atom. The molecule has 3 aromatic rings. The van der Waals surface area contributed by atoms with Crippen molar-refractivity contribution in [1.29, 1.82) is 0 Å². The van der Waals surface area contributed by atoms with E-state index in [1.165, 1.54) is 23.4 Å². The monoisotopic (exact) mass is 495 g/mol. The van der Waals surface area contributed by atoms with Crippen molar-refractivity contribution in [2.45, 2.75) is 63.6 Å². The standard InChI is InChI=1S/C26H33N5O3S/c1-16(18-12-13-18)31(14-17-10-8-7-9-11-17)19(32)15-35-22-20-21(27-24(28-22)26(2,3)4)29(5)25(34)30(6)23(20)33/h7-11,16,18H,12-15H2,1-6H3. The highest BCUT2D eigenvalue weighted by atomic mass is 32.2. The van der Waals surface area contributed by atoms with Gasteiger partial charge in [0.15, 0.2) is 5.65 Å². The number of hydrogen-bond acceptors (Lipinski definition) is 6. The van der Waals surface area contributed by atoms with Gasteiger partial charge in [-0.25, -0.2) is 14.8 Å². The van der Waals surface area contributed by atoms with Crippen LogP contribution in [0, 0.1) is 5.92 Å². The summed E-state index contributed by atoms with van der Waals surface area (Å²) in [6.07, 6.45) is 2.28. The fraction of sp³-hybridized carbons (Fsp3) is 0.500. The van der Waals surface area contributed by atoms with E-state index in [1.54, 1.807) is 7.05 Å². The van der Waals surface area contributed by atoms with Crippen LogP contribution in [0.25, 0.3) is 11.0 Å². The third-order valence-electron chi connectivity index (χ3n) is 6.58. The summed E-state index contributed by atoms with van der Waals surface area (Å²) in [5, 5.41) is 0.702. The van der Waals surface area contributed by atoms with Crippen LogP contribution in [-0.4, -0.2) is 41.7 Å². The molecule has 1 atom stereocenters. The molecule has 1 aromatic carbocycles. The zero-order valence-electron chi connectivity index (χ0n) is 21.2. The van der Waals surface area contributed by atoms with Crippen molar-refractivity contribution in [2.24, 2.45) is 20.0 Å². The number of rotatable bonds is 7. The minimum atomic E-state index is -0.453. The molecule has 0 radical (unpaired) electrons. The molecular weight excluding hydrogens is 462 g/mol. The van der Waals surface area contributed by atoms with E-state index in [9.17, 15) is 14.4 Å². The number of thioether (sulfide) groups is 1. The van der Waals surface area contributed by atoms with Gasteiger partial charge in [-0.1, -0.05) is 62.9 Å². The molecule has 8 nitrogen and oxygen atoms in total. The Balaban J connectivity index is 1.70. The van der Waals surface area contributed by atoms with E-state index in [2.05, 4.69) is 11.9 Å². The summed E-state index contributed by atoms with van der Waals surface area (Å²) >= 11 is 1.24. The number of amides is 1. The largest absolute Gasteiger partial charge is 0.335 e. The molecule has 9 heteroatoms. The minimum Gasteiger partial charge on any atom is -0.335 e. The molecule has 1 unspecified atom stereocenters. The van der Waals surface area contributed by atoms with Crippen LogP contribution in [0.2, 0.25) is 0 Å². The summed E-state index contributed by atoms with van der Waals surface area (Å²) in [7, 11) is 3.04. The number of nitrogens with zero attached hydrogens (tertiary/aromatic N) is 5. The maximum absolute atomic E-state index is 13.5. The fourth-order valence-corrected chi connectivity index (χ4v) is 5.05. The number of benzene rings is 1. The molecule has 0 spiro atoms. The molecule has 0 N–H and O–H groups in total. The van der Waals surface area contributed by atoms with E-state index in [1.807, 2.05) is 56.0 Å². The number of carbonyl (C=O) groups is 1. The third-order valence-corrected chi connectivity index (χ3v) is 7.54. The summed E-state index contributed by atoms with van der Waals surface area (Å²) in [4.78, 5) is 50.4. The van der Waals surface area contributed by atoms with Gasteiger partial charge in [0.05, 0.1) is 5.75 Å². The van der Waals surface area contributed by atoms with E-state index in [0.29, 0.717) is 29.0 Å². The second kappa shape index (κ2) is 9.60. The summed E-state index contributed by atoms with van der Waals surface area (Å²) in [5.41, 5.74) is 0.0846. The molecule has 1 fully saturated rings. The van der Waals surface area contributed by atoms with Crippen LogP contribution < -0.4 is 11.2 Å². The van der Waals surface area contributed by atoms with Gasteiger partial charge in [-0.05, 0) is 31.2 Å². The number of aromatic nitrogens is 4. The Hall–Kier alpha value is -2.94. The number of aryl methyl sites for hydroxylation is 1. The van der Waals surface area contributed by atoms with Crippen molar-refractivity contribution < 1.29 is 4.79 Å². The third kappa shape index (κ3) is 5.19. The van der Waals surface area contributed by atoms with Crippen LogP contribution in [0.3, 0.4) is 0 Å². The molecule has 1 saturated carbocycles. The van der Waals surface area contributed by atoms with Crippen LogP contribution in [0.1, 0.15) is 51.9 Å². The SMILES string of the molecule is CC(C1CC1)N(Cc1ccccc1)C(=O)CSc1nc(C(C)(C)C)nc2c1c(=O)n(C)c(=O)n2C. The molecule has 0 saturated heterocycles. The normalized spacial score (nSPS) is 14.8. The Labute approximate surface area is 209 Å². The van der Waals surface area contributed by atoms with Crippen molar-refractivity contribution in [3.05, 3.63) is 62.6 Å². The van der Waals surface area contributed by atoms with Crippen LogP contribution in [0.15, 0.2) is 44.9 Å². The van der Waals surface area contributed by atoms with Crippen molar-refractivity contribution in [2.75, 3.05) is 5.75 Å².